The van der Waals surface area contributed by atoms with E-state index in [1.807, 2.05) is 12.1 Å². The minimum atomic E-state index is -0.208. The zero-order valence-electron chi connectivity index (χ0n) is 13.0. The predicted octanol–water partition coefficient (Wildman–Crippen LogP) is 0.866. The molecule has 0 radical (unpaired) electrons. The van der Waals surface area contributed by atoms with Crippen LogP contribution >= 0.6 is 0 Å². The molecule has 23 heavy (non-hydrogen) atoms. The summed E-state index contributed by atoms with van der Waals surface area (Å²) in [6.45, 7) is 1.24. The van der Waals surface area contributed by atoms with E-state index < -0.39 is 0 Å². The monoisotopic (exact) mass is 310 g/mol. The predicted molar refractivity (Wildman–Crippen MR) is 84.3 cm³/mol. The van der Waals surface area contributed by atoms with Crippen LogP contribution in [0, 0.1) is 0 Å². The summed E-state index contributed by atoms with van der Waals surface area (Å²) in [7, 11) is 1.76. The number of rotatable bonds is 2. The summed E-state index contributed by atoms with van der Waals surface area (Å²) < 4.78 is 1.63. The zero-order valence-corrected chi connectivity index (χ0v) is 13.0. The summed E-state index contributed by atoms with van der Waals surface area (Å²) in [5.41, 5.74) is 3.38. The molecule has 0 spiro atoms. The third-order valence-corrected chi connectivity index (χ3v) is 4.61. The van der Waals surface area contributed by atoms with E-state index in [1.165, 1.54) is 11.1 Å². The Kier molecular flexibility index (Phi) is 3.18. The molecule has 0 atom stereocenters. The van der Waals surface area contributed by atoms with Crippen molar-refractivity contribution >= 4 is 11.8 Å². The van der Waals surface area contributed by atoms with E-state index in [-0.39, 0.29) is 17.9 Å². The van der Waals surface area contributed by atoms with Crippen molar-refractivity contribution in [2.45, 2.75) is 25.4 Å². The molecule has 1 N–H and O–H groups in total. The highest BCUT2D eigenvalue weighted by atomic mass is 16.2. The van der Waals surface area contributed by atoms with Gasteiger partial charge in [0.25, 0.3) is 11.8 Å². The number of hydrogen-bond acceptors (Lipinski definition) is 3. The first-order chi connectivity index (χ1) is 11.1. The van der Waals surface area contributed by atoms with E-state index in [9.17, 15) is 9.59 Å². The lowest BCUT2D eigenvalue weighted by Gasteiger charge is -2.22. The molecule has 1 aliphatic heterocycles. The van der Waals surface area contributed by atoms with Crippen LogP contribution in [0.4, 0.5) is 0 Å². The van der Waals surface area contributed by atoms with Crippen LogP contribution in [0.25, 0.3) is 0 Å². The second-order valence-electron chi connectivity index (χ2n) is 6.21. The topological polar surface area (TPSA) is 67.2 Å². The van der Waals surface area contributed by atoms with Crippen molar-refractivity contribution < 1.29 is 9.59 Å². The number of benzene rings is 1. The average molecular weight is 310 g/mol. The molecule has 1 aromatic carbocycles. The zero-order chi connectivity index (χ0) is 16.0. The maximum absolute atomic E-state index is 12.4. The summed E-state index contributed by atoms with van der Waals surface area (Å²) in [4.78, 5) is 26.2. The highest BCUT2D eigenvalue weighted by molar-refractivity contribution is 5.98. The van der Waals surface area contributed by atoms with Gasteiger partial charge in [-0.25, -0.2) is 0 Å². The van der Waals surface area contributed by atoms with Crippen LogP contribution in [0.3, 0.4) is 0 Å². The molecule has 0 unspecified atom stereocenters. The van der Waals surface area contributed by atoms with Crippen LogP contribution in [-0.2, 0) is 19.4 Å². The first-order valence-corrected chi connectivity index (χ1v) is 7.83. The van der Waals surface area contributed by atoms with Crippen molar-refractivity contribution in [1.29, 1.82) is 0 Å². The van der Waals surface area contributed by atoms with Crippen molar-refractivity contribution in [1.82, 2.24) is 20.0 Å². The number of amides is 2. The molecule has 6 heteroatoms. The maximum Gasteiger partial charge on any atom is 0.272 e. The van der Waals surface area contributed by atoms with E-state index in [2.05, 4.69) is 22.5 Å². The molecular weight excluding hydrogens is 292 g/mol. The van der Waals surface area contributed by atoms with Gasteiger partial charge in [-0.1, -0.05) is 24.3 Å². The molecule has 118 valence electrons. The molecule has 2 aliphatic rings. The second-order valence-corrected chi connectivity index (χ2v) is 6.21. The van der Waals surface area contributed by atoms with E-state index in [1.54, 1.807) is 22.7 Å². The number of nitrogens with one attached hydrogen (secondary N) is 1. The number of aromatic nitrogens is 2. The smallest absolute Gasteiger partial charge is 0.272 e. The Bertz CT molecular complexity index is 771. The van der Waals surface area contributed by atoms with Crippen LogP contribution < -0.4 is 5.32 Å². The van der Waals surface area contributed by atoms with Crippen molar-refractivity contribution in [3.8, 4) is 0 Å². The first kappa shape index (κ1) is 14.0. The standard InChI is InChI=1S/C17H18N4O2/c1-20-6-7-21-15(17(20)23)10-14(19-21)16(22)18-13-8-11-4-2-3-5-12(11)9-13/h2-5,10,13H,6-9H2,1H3,(H,18,22). The lowest BCUT2D eigenvalue weighted by atomic mass is 10.1. The minimum Gasteiger partial charge on any atom is -0.347 e. The van der Waals surface area contributed by atoms with Gasteiger partial charge in [-0.05, 0) is 24.0 Å². The Morgan fingerprint density at radius 2 is 1.91 bits per heavy atom. The molecule has 1 aliphatic carbocycles. The Balaban J connectivity index is 1.49. The Morgan fingerprint density at radius 3 is 2.61 bits per heavy atom. The Hall–Kier alpha value is -2.63. The molecule has 4 rings (SSSR count). The van der Waals surface area contributed by atoms with Gasteiger partial charge in [-0.2, -0.15) is 5.10 Å². The fourth-order valence-corrected chi connectivity index (χ4v) is 3.33. The fraction of sp³-hybridized carbons (Fsp3) is 0.353. The van der Waals surface area contributed by atoms with Gasteiger partial charge in [-0.3, -0.25) is 14.3 Å². The summed E-state index contributed by atoms with van der Waals surface area (Å²) in [5.74, 6) is -0.295. The van der Waals surface area contributed by atoms with Crippen molar-refractivity contribution in [3.05, 3.63) is 52.8 Å². The molecular formula is C17H18N4O2. The van der Waals surface area contributed by atoms with Gasteiger partial charge >= 0.3 is 0 Å². The molecule has 1 aromatic heterocycles. The maximum atomic E-state index is 12.4. The second kappa shape index (κ2) is 5.22. The Labute approximate surface area is 134 Å². The molecule has 2 heterocycles. The number of likely N-dealkylation sites (N-methyl/N-ethyl adjacent to an activating group) is 1. The molecule has 2 aromatic rings. The molecule has 0 saturated heterocycles. The first-order valence-electron chi connectivity index (χ1n) is 7.83. The summed E-state index contributed by atoms with van der Waals surface area (Å²) in [6, 6.07) is 9.94. The number of fused-ring (bicyclic) bond motifs is 2. The highest BCUT2D eigenvalue weighted by Crippen LogP contribution is 2.22. The van der Waals surface area contributed by atoms with Crippen LogP contribution in [-0.4, -0.2) is 46.1 Å². The number of hydrogen-bond donors (Lipinski definition) is 1. The van der Waals surface area contributed by atoms with Gasteiger partial charge in [0, 0.05) is 25.7 Å². The van der Waals surface area contributed by atoms with Crippen molar-refractivity contribution in [3.63, 3.8) is 0 Å². The third kappa shape index (κ3) is 2.40. The summed E-state index contributed by atoms with van der Waals surface area (Å²) in [6.07, 6.45) is 1.69. The van der Waals surface area contributed by atoms with E-state index >= 15 is 0 Å². The number of carbonyl (C=O) groups excluding carboxylic acids is 2. The van der Waals surface area contributed by atoms with Crippen molar-refractivity contribution in [2.75, 3.05) is 13.6 Å². The summed E-state index contributed by atoms with van der Waals surface area (Å²) in [5, 5.41) is 7.32. The van der Waals surface area contributed by atoms with Gasteiger partial charge < -0.3 is 10.2 Å². The molecule has 0 saturated carbocycles. The van der Waals surface area contributed by atoms with E-state index in [0.29, 0.717) is 24.5 Å². The highest BCUT2D eigenvalue weighted by Gasteiger charge is 2.28. The quantitative estimate of drug-likeness (QED) is 0.895. The lowest BCUT2D eigenvalue weighted by molar-refractivity contribution is 0.0742. The van der Waals surface area contributed by atoms with Crippen molar-refractivity contribution in [2.24, 2.45) is 0 Å². The van der Waals surface area contributed by atoms with Crippen LogP contribution in [0.5, 0.6) is 0 Å². The minimum absolute atomic E-state index is 0.0870. The SMILES string of the molecule is CN1CCn2nc(C(=O)NC3Cc4ccccc4C3)cc2C1=O. The summed E-state index contributed by atoms with van der Waals surface area (Å²) >= 11 is 0. The van der Waals surface area contributed by atoms with E-state index in [4.69, 9.17) is 0 Å². The largest absolute Gasteiger partial charge is 0.347 e. The molecule has 2 amide bonds. The lowest BCUT2D eigenvalue weighted by Crippen LogP contribution is -2.37. The molecule has 0 fully saturated rings. The van der Waals surface area contributed by atoms with Crippen LogP contribution in [0.1, 0.15) is 32.1 Å². The third-order valence-electron chi connectivity index (χ3n) is 4.61. The normalized spacial score (nSPS) is 17.1. The number of carbonyl (C=O) groups is 2. The average Bonchev–Trinajstić information content (AvgIpc) is 3.14. The van der Waals surface area contributed by atoms with Crippen LogP contribution in [0.15, 0.2) is 30.3 Å². The van der Waals surface area contributed by atoms with Gasteiger partial charge in [0.05, 0.1) is 6.54 Å². The van der Waals surface area contributed by atoms with Gasteiger partial charge in [0.15, 0.2) is 5.69 Å². The number of nitrogens with zero attached hydrogens (tertiary/aromatic N) is 3. The fourth-order valence-electron chi connectivity index (χ4n) is 3.33. The van der Waals surface area contributed by atoms with Gasteiger partial charge in [0.2, 0.25) is 0 Å². The molecule has 0 bridgehead atoms. The van der Waals surface area contributed by atoms with Crippen LogP contribution in [0.2, 0.25) is 0 Å². The van der Waals surface area contributed by atoms with E-state index in [0.717, 1.165) is 12.8 Å². The molecule has 6 nitrogen and oxygen atoms in total. The Morgan fingerprint density at radius 1 is 1.22 bits per heavy atom. The van der Waals surface area contributed by atoms with Gasteiger partial charge in [-0.15, -0.1) is 0 Å². The van der Waals surface area contributed by atoms with Gasteiger partial charge in [0.1, 0.15) is 5.69 Å².